The molecule has 0 atom stereocenters. The summed E-state index contributed by atoms with van der Waals surface area (Å²) in [5, 5.41) is 5.31. The number of ketones is 1. The highest BCUT2D eigenvalue weighted by molar-refractivity contribution is 8.04. The van der Waals surface area contributed by atoms with Gasteiger partial charge in [-0.15, -0.1) is 0 Å². The number of allylic oxidation sites excluding steroid dienone is 1. The van der Waals surface area contributed by atoms with Crippen molar-refractivity contribution in [3.05, 3.63) is 47.1 Å². The molecule has 2 heterocycles. The van der Waals surface area contributed by atoms with Crippen LogP contribution < -0.4 is 5.32 Å². The van der Waals surface area contributed by atoms with Crippen LogP contribution in [0, 0.1) is 0 Å². The number of rotatable bonds is 2. The minimum atomic E-state index is 0.205. The van der Waals surface area contributed by atoms with Gasteiger partial charge in [0.05, 0.1) is 28.2 Å². The van der Waals surface area contributed by atoms with Gasteiger partial charge in [0.2, 0.25) is 0 Å². The Kier molecular flexibility index (Phi) is 2.80. The molecule has 1 aliphatic heterocycles. The van der Waals surface area contributed by atoms with Crippen molar-refractivity contribution in [1.29, 1.82) is 0 Å². The second kappa shape index (κ2) is 4.46. The Morgan fingerprint density at radius 1 is 1.33 bits per heavy atom. The molecule has 90 valence electrons. The average molecular weight is 256 g/mol. The maximum atomic E-state index is 11.5. The number of aromatic nitrogens is 1. The number of Topliss-reactive ketones (excluding diaryl/α,β-unsaturated/α-hetero) is 1. The van der Waals surface area contributed by atoms with Crippen molar-refractivity contribution in [2.45, 2.75) is 6.92 Å². The van der Waals surface area contributed by atoms with Crippen LogP contribution in [0.15, 0.2) is 47.1 Å². The largest absolute Gasteiger partial charge is 0.349 e. The van der Waals surface area contributed by atoms with Crippen LogP contribution in [0.25, 0.3) is 10.9 Å². The number of anilines is 1. The summed E-state index contributed by atoms with van der Waals surface area (Å²) in [6.07, 6.45) is 1.80. The van der Waals surface area contributed by atoms with E-state index in [0.29, 0.717) is 5.75 Å². The molecule has 0 amide bonds. The predicted molar refractivity (Wildman–Crippen MR) is 75.5 cm³/mol. The third-order valence-corrected chi connectivity index (χ3v) is 4.06. The first kappa shape index (κ1) is 11.3. The molecule has 1 aliphatic rings. The summed E-state index contributed by atoms with van der Waals surface area (Å²) in [7, 11) is 0. The molecular weight excluding hydrogens is 244 g/mol. The molecule has 0 saturated heterocycles. The van der Waals surface area contributed by atoms with E-state index < -0.39 is 0 Å². The molecule has 18 heavy (non-hydrogen) atoms. The number of fused-ring (bicyclic) bond motifs is 1. The third kappa shape index (κ3) is 1.99. The molecule has 0 saturated carbocycles. The summed E-state index contributed by atoms with van der Waals surface area (Å²) in [6, 6.07) is 10.0. The molecule has 0 radical (unpaired) electrons. The molecule has 1 aromatic carbocycles. The van der Waals surface area contributed by atoms with Crippen LogP contribution in [-0.4, -0.2) is 16.5 Å². The van der Waals surface area contributed by atoms with E-state index in [0.717, 1.165) is 27.2 Å². The highest BCUT2D eigenvalue weighted by Crippen LogP contribution is 2.30. The van der Waals surface area contributed by atoms with Gasteiger partial charge in [-0.3, -0.25) is 9.78 Å². The Bertz CT molecular complexity index is 664. The van der Waals surface area contributed by atoms with E-state index >= 15 is 0 Å². The van der Waals surface area contributed by atoms with Crippen LogP contribution in [0.5, 0.6) is 0 Å². The van der Waals surface area contributed by atoms with Crippen LogP contribution in [0.2, 0.25) is 0 Å². The topological polar surface area (TPSA) is 42.0 Å². The molecule has 1 N–H and O–H groups in total. The average Bonchev–Trinajstić information content (AvgIpc) is 2.71. The van der Waals surface area contributed by atoms with E-state index in [1.54, 1.807) is 18.0 Å². The summed E-state index contributed by atoms with van der Waals surface area (Å²) in [6.45, 7) is 1.86. The quantitative estimate of drug-likeness (QED) is 0.896. The van der Waals surface area contributed by atoms with Gasteiger partial charge in [0.15, 0.2) is 5.78 Å². The molecule has 0 bridgehead atoms. The number of benzene rings is 1. The highest BCUT2D eigenvalue weighted by Gasteiger charge is 2.19. The minimum absolute atomic E-state index is 0.205. The zero-order valence-electron chi connectivity index (χ0n) is 9.93. The number of pyridine rings is 1. The van der Waals surface area contributed by atoms with Crippen molar-refractivity contribution in [1.82, 2.24) is 4.98 Å². The number of thioether (sulfide) groups is 1. The maximum Gasteiger partial charge on any atom is 0.171 e. The smallest absolute Gasteiger partial charge is 0.171 e. The van der Waals surface area contributed by atoms with Crippen molar-refractivity contribution in [2.24, 2.45) is 0 Å². The summed E-state index contributed by atoms with van der Waals surface area (Å²) >= 11 is 1.55. The molecule has 0 fully saturated rings. The van der Waals surface area contributed by atoms with E-state index in [1.807, 2.05) is 37.3 Å². The van der Waals surface area contributed by atoms with Crippen molar-refractivity contribution in [3.63, 3.8) is 0 Å². The van der Waals surface area contributed by atoms with Gasteiger partial charge < -0.3 is 5.32 Å². The monoisotopic (exact) mass is 256 g/mol. The summed E-state index contributed by atoms with van der Waals surface area (Å²) in [4.78, 5) is 15.8. The van der Waals surface area contributed by atoms with Gasteiger partial charge in [-0.1, -0.05) is 30.0 Å². The van der Waals surface area contributed by atoms with Crippen molar-refractivity contribution in [2.75, 3.05) is 11.1 Å². The number of nitrogens with zero attached hydrogens (tertiary/aromatic N) is 1. The minimum Gasteiger partial charge on any atom is -0.349 e. The molecule has 1 aromatic heterocycles. The number of carbonyl (C=O) groups excluding carboxylic acids is 1. The van der Waals surface area contributed by atoms with Crippen LogP contribution >= 0.6 is 11.8 Å². The standard InChI is InChI=1S/C14H12N2OS/c1-9-13(17)8-18-14(9)16-11-6-10-4-2-3-5-12(10)15-7-11/h2-7,16H,8H2,1H3. The summed E-state index contributed by atoms with van der Waals surface area (Å²) in [5.74, 6) is 0.742. The van der Waals surface area contributed by atoms with Gasteiger partial charge in [0, 0.05) is 11.0 Å². The molecule has 3 rings (SSSR count). The van der Waals surface area contributed by atoms with E-state index in [2.05, 4.69) is 10.3 Å². The SMILES string of the molecule is CC1=C(Nc2cnc3ccccc3c2)SCC1=O. The van der Waals surface area contributed by atoms with Crippen molar-refractivity contribution >= 4 is 34.1 Å². The second-order valence-electron chi connectivity index (χ2n) is 4.21. The summed E-state index contributed by atoms with van der Waals surface area (Å²) < 4.78 is 0. The van der Waals surface area contributed by atoms with Gasteiger partial charge in [-0.05, 0) is 19.1 Å². The number of nitrogens with one attached hydrogen (secondary N) is 1. The van der Waals surface area contributed by atoms with Gasteiger partial charge in [0.25, 0.3) is 0 Å². The normalized spacial score (nSPS) is 15.5. The highest BCUT2D eigenvalue weighted by atomic mass is 32.2. The molecule has 0 aliphatic carbocycles. The van der Waals surface area contributed by atoms with E-state index in [1.165, 1.54) is 0 Å². The summed E-state index contributed by atoms with van der Waals surface area (Å²) in [5.41, 5.74) is 2.71. The van der Waals surface area contributed by atoms with E-state index in [9.17, 15) is 4.79 Å². The Labute approximate surface area is 109 Å². The lowest BCUT2D eigenvalue weighted by Gasteiger charge is -2.07. The lowest BCUT2D eigenvalue weighted by atomic mass is 10.2. The Balaban J connectivity index is 1.94. The molecule has 2 aromatic rings. The van der Waals surface area contributed by atoms with Crippen LogP contribution in [0.4, 0.5) is 5.69 Å². The number of para-hydroxylation sites is 1. The van der Waals surface area contributed by atoms with Gasteiger partial charge in [-0.2, -0.15) is 0 Å². The fraction of sp³-hybridized carbons (Fsp3) is 0.143. The zero-order valence-corrected chi connectivity index (χ0v) is 10.8. The lowest BCUT2D eigenvalue weighted by molar-refractivity contribution is -0.113. The first-order chi connectivity index (χ1) is 8.74. The number of carbonyl (C=O) groups is 1. The second-order valence-corrected chi connectivity index (χ2v) is 5.19. The van der Waals surface area contributed by atoms with E-state index in [-0.39, 0.29) is 5.78 Å². The lowest BCUT2D eigenvalue weighted by Crippen LogP contribution is -1.99. The third-order valence-electron chi connectivity index (χ3n) is 2.95. The van der Waals surface area contributed by atoms with Gasteiger partial charge in [-0.25, -0.2) is 0 Å². The Morgan fingerprint density at radius 3 is 2.94 bits per heavy atom. The molecule has 0 spiro atoms. The zero-order chi connectivity index (χ0) is 12.5. The van der Waals surface area contributed by atoms with Gasteiger partial charge >= 0.3 is 0 Å². The first-order valence-corrected chi connectivity index (χ1v) is 6.71. The van der Waals surface area contributed by atoms with Crippen LogP contribution in [0.1, 0.15) is 6.92 Å². The molecule has 3 nitrogen and oxygen atoms in total. The van der Waals surface area contributed by atoms with Gasteiger partial charge in [0.1, 0.15) is 0 Å². The maximum absolute atomic E-state index is 11.5. The van der Waals surface area contributed by atoms with Crippen molar-refractivity contribution in [3.8, 4) is 0 Å². The molecule has 0 unspecified atom stereocenters. The first-order valence-electron chi connectivity index (χ1n) is 5.73. The number of hydrogen-bond acceptors (Lipinski definition) is 4. The molecular formula is C14H12N2OS. The fourth-order valence-electron chi connectivity index (χ4n) is 1.88. The fourth-order valence-corrected chi connectivity index (χ4v) is 2.89. The predicted octanol–water partition coefficient (Wildman–Crippen LogP) is 3.19. The number of hydrogen-bond donors (Lipinski definition) is 1. The van der Waals surface area contributed by atoms with E-state index in [4.69, 9.17) is 0 Å². The van der Waals surface area contributed by atoms with Crippen LogP contribution in [0.3, 0.4) is 0 Å². The Morgan fingerprint density at radius 2 is 2.17 bits per heavy atom. The molecule has 4 heteroatoms. The van der Waals surface area contributed by atoms with Crippen LogP contribution in [-0.2, 0) is 4.79 Å². The van der Waals surface area contributed by atoms with Crippen molar-refractivity contribution < 1.29 is 4.79 Å². The Hall–Kier alpha value is -1.81.